The fraction of sp³-hybridized carbons (Fsp3) is 0.833. The Morgan fingerprint density at radius 2 is 2.00 bits per heavy atom. The second-order valence-corrected chi connectivity index (χ2v) is 4.48. The van der Waals surface area contributed by atoms with Gasteiger partial charge in [-0.2, -0.15) is 0 Å². The van der Waals surface area contributed by atoms with Gasteiger partial charge in [0, 0.05) is 25.7 Å². The summed E-state index contributed by atoms with van der Waals surface area (Å²) in [4.78, 5) is 2.41. The van der Waals surface area contributed by atoms with Crippen LogP contribution in [-0.2, 0) is 4.74 Å². The summed E-state index contributed by atoms with van der Waals surface area (Å²) in [7, 11) is 0. The van der Waals surface area contributed by atoms with Crippen molar-refractivity contribution in [2.24, 2.45) is 5.73 Å². The zero-order chi connectivity index (χ0) is 11.3. The maximum absolute atomic E-state index is 5.81. The van der Waals surface area contributed by atoms with Crippen molar-refractivity contribution in [2.75, 3.05) is 19.6 Å². The van der Waals surface area contributed by atoms with E-state index in [4.69, 9.17) is 10.5 Å². The third-order valence-electron chi connectivity index (χ3n) is 2.71. The Hall–Kier alpha value is -0.380. The molecule has 15 heavy (non-hydrogen) atoms. The van der Waals surface area contributed by atoms with Crippen LogP contribution in [0.4, 0.5) is 0 Å². The Morgan fingerprint density at radius 3 is 2.53 bits per heavy atom. The molecule has 0 aromatic heterocycles. The normalized spacial score (nSPS) is 30.9. The highest BCUT2D eigenvalue weighted by Crippen LogP contribution is 2.10. The zero-order valence-electron chi connectivity index (χ0n) is 10.1. The Balaban J connectivity index is 2.28. The summed E-state index contributed by atoms with van der Waals surface area (Å²) in [5, 5.41) is 0. The maximum Gasteiger partial charge on any atom is 0.0678 e. The van der Waals surface area contributed by atoms with Gasteiger partial charge in [-0.05, 0) is 20.3 Å². The van der Waals surface area contributed by atoms with E-state index >= 15 is 0 Å². The van der Waals surface area contributed by atoms with E-state index in [1.165, 1.54) is 0 Å². The van der Waals surface area contributed by atoms with Gasteiger partial charge in [-0.3, -0.25) is 4.90 Å². The molecule has 1 heterocycles. The molecule has 3 nitrogen and oxygen atoms in total. The van der Waals surface area contributed by atoms with E-state index in [2.05, 4.69) is 37.8 Å². The van der Waals surface area contributed by atoms with Crippen LogP contribution in [-0.4, -0.2) is 42.8 Å². The predicted molar refractivity (Wildman–Crippen MR) is 63.9 cm³/mol. The van der Waals surface area contributed by atoms with E-state index < -0.39 is 0 Å². The Morgan fingerprint density at radius 1 is 1.40 bits per heavy atom. The van der Waals surface area contributed by atoms with Crippen LogP contribution in [0.15, 0.2) is 12.2 Å². The molecule has 88 valence electrons. The molecule has 2 N–H and O–H groups in total. The van der Waals surface area contributed by atoms with Crippen molar-refractivity contribution < 1.29 is 4.74 Å². The first-order chi connectivity index (χ1) is 7.11. The summed E-state index contributed by atoms with van der Waals surface area (Å²) in [5.74, 6) is 0. The molecule has 1 aliphatic rings. The molecule has 0 radical (unpaired) electrons. The minimum absolute atomic E-state index is 0.209. The quantitative estimate of drug-likeness (QED) is 0.716. The van der Waals surface area contributed by atoms with Gasteiger partial charge >= 0.3 is 0 Å². The van der Waals surface area contributed by atoms with Gasteiger partial charge in [-0.25, -0.2) is 0 Å². The molecule has 1 rings (SSSR count). The highest BCUT2D eigenvalue weighted by Gasteiger charge is 2.20. The van der Waals surface area contributed by atoms with Gasteiger partial charge in [0.05, 0.1) is 12.2 Å². The molecule has 0 aromatic rings. The van der Waals surface area contributed by atoms with E-state index in [0.29, 0.717) is 12.2 Å². The number of nitrogens with two attached hydrogens (primary N) is 1. The molecular weight excluding hydrogens is 188 g/mol. The molecule has 0 amide bonds. The van der Waals surface area contributed by atoms with Gasteiger partial charge in [0.2, 0.25) is 0 Å². The highest BCUT2D eigenvalue weighted by atomic mass is 16.5. The molecule has 1 saturated heterocycles. The first kappa shape index (κ1) is 12.7. The standard InChI is InChI=1S/C12H24N2O/c1-4-12(13)6-5-7-14-8-10(2)15-11(3)9-14/h5-6,10-12H,4,7-9,13H2,1-3H3/b6-5-/t10-,11+,12?. The van der Waals surface area contributed by atoms with Gasteiger partial charge in [-0.1, -0.05) is 19.1 Å². The number of ether oxygens (including phenoxy) is 1. The molecule has 1 unspecified atom stereocenters. The minimum Gasteiger partial charge on any atom is -0.373 e. The molecule has 0 aliphatic carbocycles. The topological polar surface area (TPSA) is 38.5 Å². The van der Waals surface area contributed by atoms with Crippen LogP contribution in [0.1, 0.15) is 27.2 Å². The lowest BCUT2D eigenvalue weighted by Gasteiger charge is -2.34. The van der Waals surface area contributed by atoms with Gasteiger partial charge in [0.1, 0.15) is 0 Å². The van der Waals surface area contributed by atoms with Gasteiger partial charge in [-0.15, -0.1) is 0 Å². The van der Waals surface area contributed by atoms with Gasteiger partial charge in [0.15, 0.2) is 0 Å². The van der Waals surface area contributed by atoms with Crippen molar-refractivity contribution >= 4 is 0 Å². The van der Waals surface area contributed by atoms with Crippen LogP contribution in [0, 0.1) is 0 Å². The second kappa shape index (κ2) is 6.26. The van der Waals surface area contributed by atoms with E-state index in [1.807, 2.05) is 0 Å². The van der Waals surface area contributed by atoms with Crippen LogP contribution in [0.5, 0.6) is 0 Å². The van der Waals surface area contributed by atoms with Crippen LogP contribution in [0.25, 0.3) is 0 Å². The predicted octanol–water partition coefficient (Wildman–Crippen LogP) is 1.39. The number of rotatable bonds is 4. The third-order valence-corrected chi connectivity index (χ3v) is 2.71. The number of morpholine rings is 1. The first-order valence-corrected chi connectivity index (χ1v) is 5.91. The number of hydrogen-bond acceptors (Lipinski definition) is 3. The molecule has 0 spiro atoms. The summed E-state index contributed by atoms with van der Waals surface area (Å²) in [6.45, 7) is 9.40. The average Bonchev–Trinajstić information content (AvgIpc) is 2.16. The molecule has 3 atom stereocenters. The Bertz CT molecular complexity index is 196. The van der Waals surface area contributed by atoms with Crippen molar-refractivity contribution in [3.05, 3.63) is 12.2 Å². The maximum atomic E-state index is 5.81. The van der Waals surface area contributed by atoms with Crippen molar-refractivity contribution in [1.82, 2.24) is 4.90 Å². The summed E-state index contributed by atoms with van der Waals surface area (Å²) in [6, 6.07) is 0.209. The lowest BCUT2D eigenvalue weighted by molar-refractivity contribution is -0.0646. The van der Waals surface area contributed by atoms with Crippen molar-refractivity contribution in [3.63, 3.8) is 0 Å². The first-order valence-electron chi connectivity index (χ1n) is 5.91. The van der Waals surface area contributed by atoms with E-state index in [0.717, 1.165) is 26.1 Å². The molecule has 0 aromatic carbocycles. The van der Waals surface area contributed by atoms with Crippen molar-refractivity contribution in [3.8, 4) is 0 Å². The SMILES string of the molecule is CCC(N)/C=C\CN1C[C@@H](C)O[C@@H](C)C1. The smallest absolute Gasteiger partial charge is 0.0678 e. The Labute approximate surface area is 93.3 Å². The van der Waals surface area contributed by atoms with Gasteiger partial charge < -0.3 is 10.5 Å². The fourth-order valence-corrected chi connectivity index (χ4v) is 1.95. The van der Waals surface area contributed by atoms with E-state index in [-0.39, 0.29) is 6.04 Å². The lowest BCUT2D eigenvalue weighted by Crippen LogP contribution is -2.45. The van der Waals surface area contributed by atoms with E-state index in [1.54, 1.807) is 0 Å². The van der Waals surface area contributed by atoms with E-state index in [9.17, 15) is 0 Å². The largest absolute Gasteiger partial charge is 0.373 e. The summed E-state index contributed by atoms with van der Waals surface area (Å²) in [5.41, 5.74) is 5.81. The minimum atomic E-state index is 0.209. The van der Waals surface area contributed by atoms with Gasteiger partial charge in [0.25, 0.3) is 0 Å². The molecule has 0 bridgehead atoms. The summed E-state index contributed by atoms with van der Waals surface area (Å²) >= 11 is 0. The molecule has 3 heteroatoms. The van der Waals surface area contributed by atoms with Crippen molar-refractivity contribution in [1.29, 1.82) is 0 Å². The molecular formula is C12H24N2O. The Kier molecular flexibility index (Phi) is 5.29. The van der Waals surface area contributed by atoms with Crippen LogP contribution < -0.4 is 5.73 Å². The molecule has 0 saturated carbocycles. The lowest BCUT2D eigenvalue weighted by atomic mass is 10.2. The summed E-state index contributed by atoms with van der Waals surface area (Å²) in [6.07, 6.45) is 5.99. The monoisotopic (exact) mass is 212 g/mol. The van der Waals surface area contributed by atoms with Crippen LogP contribution in [0.2, 0.25) is 0 Å². The van der Waals surface area contributed by atoms with Crippen LogP contribution >= 0.6 is 0 Å². The molecule has 1 aliphatic heterocycles. The second-order valence-electron chi connectivity index (χ2n) is 4.48. The summed E-state index contributed by atoms with van der Waals surface area (Å²) < 4.78 is 5.67. The molecule has 1 fully saturated rings. The number of hydrogen-bond donors (Lipinski definition) is 1. The zero-order valence-corrected chi connectivity index (χ0v) is 10.1. The highest BCUT2D eigenvalue weighted by molar-refractivity contribution is 4.93. The van der Waals surface area contributed by atoms with Crippen molar-refractivity contribution in [2.45, 2.75) is 45.4 Å². The third kappa shape index (κ3) is 4.78. The number of nitrogens with zero attached hydrogens (tertiary/aromatic N) is 1. The average molecular weight is 212 g/mol. The fourth-order valence-electron chi connectivity index (χ4n) is 1.95. The van der Waals surface area contributed by atoms with Crippen LogP contribution in [0.3, 0.4) is 0 Å².